The molecule has 0 radical (unpaired) electrons. The van der Waals surface area contributed by atoms with Crippen LogP contribution < -0.4 is 0 Å². The Hall–Kier alpha value is -1.57. The van der Waals surface area contributed by atoms with Gasteiger partial charge >= 0.3 is 0 Å². The van der Waals surface area contributed by atoms with Gasteiger partial charge < -0.3 is 0 Å². The normalized spacial score (nSPS) is 11.9. The average Bonchev–Trinajstić information content (AvgIpc) is 2.85. The van der Waals surface area contributed by atoms with Crippen LogP contribution in [0.1, 0.15) is 44.8 Å². The van der Waals surface area contributed by atoms with E-state index in [1.165, 1.54) is 0 Å². The highest BCUT2D eigenvalue weighted by atomic mass is 16.2. The lowest BCUT2D eigenvalue weighted by Gasteiger charge is -2.29. The summed E-state index contributed by atoms with van der Waals surface area (Å²) in [7, 11) is 0. The van der Waals surface area contributed by atoms with Gasteiger partial charge in [-0.1, -0.05) is 39.0 Å². The van der Waals surface area contributed by atoms with Crippen LogP contribution in [0.3, 0.4) is 0 Å². The number of fused-ring (bicyclic) bond motifs is 1. The number of para-hydroxylation sites is 1. The van der Waals surface area contributed by atoms with Crippen LogP contribution in [0.25, 0.3) is 10.9 Å². The first-order valence-corrected chi connectivity index (χ1v) is 6.79. The summed E-state index contributed by atoms with van der Waals surface area (Å²) in [6, 6.07) is 10.1. The van der Waals surface area contributed by atoms with Crippen LogP contribution >= 0.6 is 0 Å². The summed E-state index contributed by atoms with van der Waals surface area (Å²) in [6.07, 6.45) is 4.59. The second kappa shape index (κ2) is 4.97. The molecule has 0 aliphatic carbocycles. The van der Waals surface area contributed by atoms with Crippen molar-refractivity contribution in [2.24, 2.45) is 5.41 Å². The molecule has 0 atom stereocenters. The molecule has 96 valence electrons. The number of benzene rings is 1. The maximum absolute atomic E-state index is 12.8. The second-order valence-corrected chi connectivity index (χ2v) is 4.89. The first-order chi connectivity index (χ1) is 8.68. The molecule has 0 unspecified atom stereocenters. The molecule has 0 aliphatic rings. The Labute approximate surface area is 109 Å². The topological polar surface area (TPSA) is 22.0 Å². The van der Waals surface area contributed by atoms with Gasteiger partial charge in [0.25, 0.3) is 0 Å². The molecule has 0 saturated carbocycles. The van der Waals surface area contributed by atoms with Crippen LogP contribution in [0.15, 0.2) is 36.5 Å². The maximum atomic E-state index is 12.8. The third-order valence-corrected chi connectivity index (χ3v) is 4.30. The molecule has 0 N–H and O–H groups in total. The smallest absolute Gasteiger partial charge is 0.237 e. The molecule has 0 fully saturated rings. The van der Waals surface area contributed by atoms with E-state index in [-0.39, 0.29) is 11.3 Å². The number of carbonyl (C=O) groups is 1. The summed E-state index contributed by atoms with van der Waals surface area (Å²) in [5.74, 6) is 0.233. The molecular weight excluding hydrogens is 222 g/mol. The molecule has 2 rings (SSSR count). The van der Waals surface area contributed by atoms with E-state index in [2.05, 4.69) is 20.8 Å². The molecule has 2 heteroatoms. The Morgan fingerprint density at radius 1 is 1.06 bits per heavy atom. The standard InChI is InChI=1S/C16H21NO/c1-4-16(5-2,6-3)15(18)17-12-11-13-9-7-8-10-14(13)17/h7-12H,4-6H2,1-3H3. The molecule has 0 saturated heterocycles. The van der Waals surface area contributed by atoms with Crippen LogP contribution in [0.4, 0.5) is 0 Å². The van der Waals surface area contributed by atoms with Crippen molar-refractivity contribution in [1.29, 1.82) is 0 Å². The van der Waals surface area contributed by atoms with E-state index >= 15 is 0 Å². The van der Waals surface area contributed by atoms with Gasteiger partial charge in [0.1, 0.15) is 0 Å². The third kappa shape index (κ3) is 1.86. The predicted molar refractivity (Wildman–Crippen MR) is 75.9 cm³/mol. The highest BCUT2D eigenvalue weighted by Gasteiger charge is 2.34. The fraction of sp³-hybridized carbons (Fsp3) is 0.438. The number of hydrogen-bond donors (Lipinski definition) is 0. The Morgan fingerprint density at radius 3 is 2.28 bits per heavy atom. The summed E-state index contributed by atoms with van der Waals surface area (Å²) in [6.45, 7) is 6.32. The van der Waals surface area contributed by atoms with Crippen LogP contribution in [-0.2, 0) is 0 Å². The van der Waals surface area contributed by atoms with Crippen LogP contribution in [0.2, 0.25) is 0 Å². The number of aromatic nitrogens is 1. The van der Waals surface area contributed by atoms with Crippen molar-refractivity contribution >= 4 is 16.8 Å². The van der Waals surface area contributed by atoms with E-state index in [0.29, 0.717) is 0 Å². The first-order valence-electron chi connectivity index (χ1n) is 6.79. The summed E-state index contributed by atoms with van der Waals surface area (Å²) < 4.78 is 1.83. The lowest BCUT2D eigenvalue weighted by Crippen LogP contribution is -2.33. The van der Waals surface area contributed by atoms with Crippen molar-refractivity contribution in [3.63, 3.8) is 0 Å². The summed E-state index contributed by atoms with van der Waals surface area (Å²) >= 11 is 0. The molecule has 0 aliphatic heterocycles. The molecule has 1 aromatic carbocycles. The number of rotatable bonds is 4. The SMILES string of the molecule is CCC(CC)(CC)C(=O)n1ccc2ccccc21. The Kier molecular flexibility index (Phi) is 3.55. The quantitative estimate of drug-likeness (QED) is 0.775. The van der Waals surface area contributed by atoms with Crippen molar-refractivity contribution < 1.29 is 4.79 Å². The van der Waals surface area contributed by atoms with Crippen LogP contribution in [0.5, 0.6) is 0 Å². The summed E-state index contributed by atoms with van der Waals surface area (Å²) in [4.78, 5) is 12.8. The van der Waals surface area contributed by atoms with Crippen LogP contribution in [0, 0.1) is 5.41 Å². The number of carbonyl (C=O) groups excluding carboxylic acids is 1. The van der Waals surface area contributed by atoms with E-state index in [1.807, 2.05) is 41.1 Å². The van der Waals surface area contributed by atoms with Crippen molar-refractivity contribution in [1.82, 2.24) is 4.57 Å². The lowest BCUT2D eigenvalue weighted by molar-refractivity contribution is 0.0675. The minimum atomic E-state index is -0.220. The fourth-order valence-electron chi connectivity index (χ4n) is 2.72. The van der Waals surface area contributed by atoms with E-state index in [0.717, 1.165) is 30.2 Å². The van der Waals surface area contributed by atoms with Gasteiger partial charge in [-0.2, -0.15) is 0 Å². The van der Waals surface area contributed by atoms with Gasteiger partial charge in [0.2, 0.25) is 5.91 Å². The monoisotopic (exact) mass is 243 g/mol. The number of hydrogen-bond acceptors (Lipinski definition) is 1. The molecule has 0 bridgehead atoms. The molecule has 1 heterocycles. The number of nitrogens with zero attached hydrogens (tertiary/aromatic N) is 1. The second-order valence-electron chi connectivity index (χ2n) is 4.89. The minimum Gasteiger partial charge on any atom is -0.287 e. The van der Waals surface area contributed by atoms with Gasteiger partial charge in [-0.15, -0.1) is 0 Å². The third-order valence-electron chi connectivity index (χ3n) is 4.30. The van der Waals surface area contributed by atoms with Crippen molar-refractivity contribution in [3.05, 3.63) is 36.5 Å². The fourth-order valence-corrected chi connectivity index (χ4v) is 2.72. The van der Waals surface area contributed by atoms with Crippen molar-refractivity contribution in [3.8, 4) is 0 Å². The first kappa shape index (κ1) is 12.9. The van der Waals surface area contributed by atoms with E-state index in [4.69, 9.17) is 0 Å². The zero-order valence-electron chi connectivity index (χ0n) is 11.4. The zero-order valence-corrected chi connectivity index (χ0v) is 11.4. The molecule has 2 nitrogen and oxygen atoms in total. The van der Waals surface area contributed by atoms with Gasteiger partial charge in [0, 0.05) is 17.0 Å². The highest BCUT2D eigenvalue weighted by molar-refractivity contribution is 5.95. The van der Waals surface area contributed by atoms with Crippen molar-refractivity contribution in [2.45, 2.75) is 40.0 Å². The lowest BCUT2D eigenvalue weighted by atomic mass is 9.79. The van der Waals surface area contributed by atoms with E-state index in [1.54, 1.807) is 0 Å². The van der Waals surface area contributed by atoms with Crippen LogP contribution in [-0.4, -0.2) is 10.5 Å². The van der Waals surface area contributed by atoms with Gasteiger partial charge in [-0.25, -0.2) is 0 Å². The molecule has 2 aromatic rings. The molecule has 18 heavy (non-hydrogen) atoms. The van der Waals surface area contributed by atoms with Crippen molar-refractivity contribution in [2.75, 3.05) is 0 Å². The Bertz CT molecular complexity index is 541. The molecule has 0 amide bonds. The van der Waals surface area contributed by atoms with Gasteiger partial charge in [-0.05, 0) is 31.4 Å². The zero-order chi connectivity index (χ0) is 13.2. The van der Waals surface area contributed by atoms with E-state index < -0.39 is 0 Å². The Balaban J connectivity index is 2.51. The molecule has 1 aromatic heterocycles. The van der Waals surface area contributed by atoms with E-state index in [9.17, 15) is 4.79 Å². The average molecular weight is 243 g/mol. The molecule has 0 spiro atoms. The maximum Gasteiger partial charge on any atom is 0.237 e. The van der Waals surface area contributed by atoms with Gasteiger partial charge in [0.15, 0.2) is 0 Å². The minimum absolute atomic E-state index is 0.220. The van der Waals surface area contributed by atoms with Gasteiger partial charge in [-0.3, -0.25) is 9.36 Å². The predicted octanol–water partition coefficient (Wildman–Crippen LogP) is 4.50. The Morgan fingerprint density at radius 2 is 1.67 bits per heavy atom. The largest absolute Gasteiger partial charge is 0.287 e. The van der Waals surface area contributed by atoms with Gasteiger partial charge in [0.05, 0.1) is 5.52 Å². The summed E-state index contributed by atoms with van der Waals surface area (Å²) in [5, 5.41) is 1.13. The highest BCUT2D eigenvalue weighted by Crippen LogP contribution is 2.33. The summed E-state index contributed by atoms with van der Waals surface area (Å²) in [5.41, 5.74) is 0.796. The molecular formula is C16H21NO.